The Morgan fingerprint density at radius 3 is 3.00 bits per heavy atom. The summed E-state index contributed by atoms with van der Waals surface area (Å²) in [6.45, 7) is -0.0623. The van der Waals surface area contributed by atoms with E-state index >= 15 is 0 Å². The number of halogens is 1. The maximum Gasteiger partial charge on any atom is 0.152 e. The third-order valence-corrected chi connectivity index (χ3v) is 3.98. The first-order valence-corrected chi connectivity index (χ1v) is 5.69. The molecule has 0 atom stereocenters. The molecule has 0 saturated heterocycles. The van der Waals surface area contributed by atoms with E-state index in [4.69, 9.17) is 5.11 Å². The SMILES string of the molecule is O=Cc1c(Br)c(CO)cc2ccsc12. The maximum atomic E-state index is 10.9. The zero-order valence-electron chi connectivity index (χ0n) is 7.16. The van der Waals surface area contributed by atoms with Gasteiger partial charge in [0.25, 0.3) is 0 Å². The minimum absolute atomic E-state index is 0.0623. The Balaban J connectivity index is 2.87. The van der Waals surface area contributed by atoms with E-state index in [1.54, 1.807) is 0 Å². The maximum absolute atomic E-state index is 10.9. The summed E-state index contributed by atoms with van der Waals surface area (Å²) < 4.78 is 1.66. The van der Waals surface area contributed by atoms with E-state index in [9.17, 15) is 4.79 Å². The van der Waals surface area contributed by atoms with Crippen LogP contribution < -0.4 is 0 Å². The van der Waals surface area contributed by atoms with Crippen molar-refractivity contribution in [2.24, 2.45) is 0 Å². The van der Waals surface area contributed by atoms with Gasteiger partial charge >= 0.3 is 0 Å². The standard InChI is InChI=1S/C10H7BrO2S/c11-9-7(4-12)3-6-1-2-14-10(6)8(9)5-13/h1-3,5,12H,4H2. The number of benzene rings is 1. The highest BCUT2D eigenvalue weighted by Gasteiger charge is 2.10. The van der Waals surface area contributed by atoms with Gasteiger partial charge in [-0.3, -0.25) is 4.79 Å². The lowest BCUT2D eigenvalue weighted by Crippen LogP contribution is -1.91. The Kier molecular flexibility index (Phi) is 2.67. The molecule has 14 heavy (non-hydrogen) atoms. The first-order valence-electron chi connectivity index (χ1n) is 4.02. The quantitative estimate of drug-likeness (QED) is 0.852. The first kappa shape index (κ1) is 9.83. The molecule has 1 heterocycles. The topological polar surface area (TPSA) is 37.3 Å². The molecule has 2 aromatic rings. The number of aldehydes is 1. The highest BCUT2D eigenvalue weighted by molar-refractivity contribution is 9.10. The van der Waals surface area contributed by atoms with Crippen LogP contribution in [-0.4, -0.2) is 11.4 Å². The lowest BCUT2D eigenvalue weighted by molar-refractivity contribution is 0.112. The predicted octanol–water partition coefficient (Wildman–Crippen LogP) is 2.97. The van der Waals surface area contributed by atoms with Crippen LogP contribution in [0.15, 0.2) is 22.0 Å². The van der Waals surface area contributed by atoms with Crippen LogP contribution in [0.4, 0.5) is 0 Å². The zero-order chi connectivity index (χ0) is 10.1. The van der Waals surface area contributed by atoms with E-state index in [2.05, 4.69) is 15.9 Å². The van der Waals surface area contributed by atoms with E-state index in [-0.39, 0.29) is 6.61 Å². The van der Waals surface area contributed by atoms with Crippen molar-refractivity contribution in [3.8, 4) is 0 Å². The van der Waals surface area contributed by atoms with Crippen molar-refractivity contribution in [2.75, 3.05) is 0 Å². The average molecular weight is 271 g/mol. The van der Waals surface area contributed by atoms with E-state index < -0.39 is 0 Å². The molecule has 0 spiro atoms. The Morgan fingerprint density at radius 1 is 1.57 bits per heavy atom. The number of aliphatic hydroxyl groups excluding tert-OH is 1. The van der Waals surface area contributed by atoms with Crippen LogP contribution in [0.3, 0.4) is 0 Å². The summed E-state index contributed by atoms with van der Waals surface area (Å²) in [5, 5.41) is 12.0. The molecule has 0 aliphatic heterocycles. The van der Waals surface area contributed by atoms with Gasteiger partial charge in [-0.2, -0.15) is 0 Å². The molecule has 0 radical (unpaired) electrons. The van der Waals surface area contributed by atoms with Crippen LogP contribution in [0, 0.1) is 0 Å². The summed E-state index contributed by atoms with van der Waals surface area (Å²) in [6, 6.07) is 3.83. The summed E-state index contributed by atoms with van der Waals surface area (Å²) in [6.07, 6.45) is 0.822. The highest BCUT2D eigenvalue weighted by Crippen LogP contribution is 2.32. The molecule has 1 aromatic carbocycles. The van der Waals surface area contributed by atoms with Gasteiger partial charge in [-0.15, -0.1) is 11.3 Å². The van der Waals surface area contributed by atoms with Gasteiger partial charge in [0.15, 0.2) is 6.29 Å². The van der Waals surface area contributed by atoms with Crippen LogP contribution in [0.1, 0.15) is 15.9 Å². The number of carbonyl (C=O) groups excluding carboxylic acids is 1. The third kappa shape index (κ3) is 1.39. The number of hydrogen-bond acceptors (Lipinski definition) is 3. The molecule has 0 aliphatic rings. The normalized spacial score (nSPS) is 10.7. The van der Waals surface area contributed by atoms with E-state index in [1.165, 1.54) is 11.3 Å². The molecule has 72 valence electrons. The summed E-state index contributed by atoms with van der Waals surface area (Å²) in [5.41, 5.74) is 1.37. The number of aliphatic hydroxyl groups is 1. The number of rotatable bonds is 2. The Bertz CT molecular complexity index is 490. The number of fused-ring (bicyclic) bond motifs is 1. The van der Waals surface area contributed by atoms with Crippen LogP contribution >= 0.6 is 27.3 Å². The van der Waals surface area contributed by atoms with E-state index in [0.29, 0.717) is 10.0 Å². The molecule has 4 heteroatoms. The molecule has 2 nitrogen and oxygen atoms in total. The number of carbonyl (C=O) groups is 1. The van der Waals surface area contributed by atoms with Crippen molar-refractivity contribution < 1.29 is 9.90 Å². The van der Waals surface area contributed by atoms with Gasteiger partial charge in [0.05, 0.1) is 6.61 Å². The highest BCUT2D eigenvalue weighted by atomic mass is 79.9. The van der Waals surface area contributed by atoms with Crippen molar-refractivity contribution in [1.29, 1.82) is 0 Å². The molecule has 0 amide bonds. The van der Waals surface area contributed by atoms with Crippen molar-refractivity contribution in [3.63, 3.8) is 0 Å². The molecule has 1 N–H and O–H groups in total. The lowest BCUT2D eigenvalue weighted by Gasteiger charge is -2.04. The Labute approximate surface area is 93.3 Å². The fourth-order valence-corrected chi connectivity index (χ4v) is 2.95. The monoisotopic (exact) mass is 270 g/mol. The van der Waals surface area contributed by atoms with Gasteiger partial charge in [0.2, 0.25) is 0 Å². The van der Waals surface area contributed by atoms with Gasteiger partial charge in [-0.25, -0.2) is 0 Å². The minimum Gasteiger partial charge on any atom is -0.392 e. The molecule has 0 saturated carbocycles. The summed E-state index contributed by atoms with van der Waals surface area (Å²) in [5.74, 6) is 0. The molecule has 2 rings (SSSR count). The molecular formula is C10H7BrO2S. The fourth-order valence-electron chi connectivity index (χ4n) is 1.40. The number of hydrogen-bond donors (Lipinski definition) is 1. The van der Waals surface area contributed by atoms with Gasteiger partial charge in [-0.05, 0) is 44.4 Å². The Hall–Kier alpha value is -0.710. The van der Waals surface area contributed by atoms with Crippen molar-refractivity contribution in [2.45, 2.75) is 6.61 Å². The molecule has 1 aromatic heterocycles. The molecule has 0 fully saturated rings. The van der Waals surface area contributed by atoms with Gasteiger partial charge < -0.3 is 5.11 Å². The molecule has 0 unspecified atom stereocenters. The molecular weight excluding hydrogens is 264 g/mol. The second-order valence-corrected chi connectivity index (χ2v) is 4.59. The largest absolute Gasteiger partial charge is 0.392 e. The van der Waals surface area contributed by atoms with Crippen molar-refractivity contribution in [1.82, 2.24) is 0 Å². The molecule has 0 aliphatic carbocycles. The summed E-state index contributed by atoms with van der Waals surface area (Å²) >= 11 is 4.85. The summed E-state index contributed by atoms with van der Waals surface area (Å²) in [7, 11) is 0. The smallest absolute Gasteiger partial charge is 0.152 e. The average Bonchev–Trinajstić information content (AvgIpc) is 2.64. The van der Waals surface area contributed by atoms with Crippen molar-refractivity contribution >= 4 is 43.6 Å². The van der Waals surface area contributed by atoms with Crippen molar-refractivity contribution in [3.05, 3.63) is 33.1 Å². The second kappa shape index (κ2) is 3.81. The van der Waals surface area contributed by atoms with E-state index in [0.717, 1.165) is 21.9 Å². The van der Waals surface area contributed by atoms with Gasteiger partial charge in [0, 0.05) is 14.7 Å². The van der Waals surface area contributed by atoms with Gasteiger partial charge in [0.1, 0.15) is 0 Å². The lowest BCUT2D eigenvalue weighted by atomic mass is 10.1. The molecule has 0 bridgehead atoms. The Morgan fingerprint density at radius 2 is 2.36 bits per heavy atom. The summed E-state index contributed by atoms with van der Waals surface area (Å²) in [4.78, 5) is 10.9. The first-order chi connectivity index (χ1) is 6.77. The number of thiophene rings is 1. The predicted molar refractivity (Wildman–Crippen MR) is 60.8 cm³/mol. The van der Waals surface area contributed by atoms with Crippen LogP contribution in [0.2, 0.25) is 0 Å². The fraction of sp³-hybridized carbons (Fsp3) is 0.100. The van der Waals surface area contributed by atoms with E-state index in [1.807, 2.05) is 17.5 Å². The van der Waals surface area contributed by atoms with Crippen LogP contribution in [0.25, 0.3) is 10.1 Å². The van der Waals surface area contributed by atoms with Crippen LogP contribution in [0.5, 0.6) is 0 Å². The zero-order valence-corrected chi connectivity index (χ0v) is 9.56. The van der Waals surface area contributed by atoms with Crippen LogP contribution in [-0.2, 0) is 6.61 Å². The minimum atomic E-state index is -0.0623. The second-order valence-electron chi connectivity index (χ2n) is 2.88. The van der Waals surface area contributed by atoms with Gasteiger partial charge in [-0.1, -0.05) is 0 Å². The third-order valence-electron chi connectivity index (χ3n) is 2.08.